The molecule has 1 N–H and O–H groups in total. The Kier molecular flexibility index (Phi) is 5.42. The second-order valence-corrected chi connectivity index (χ2v) is 7.20. The van der Waals surface area contributed by atoms with Gasteiger partial charge in [0.1, 0.15) is 0 Å². The molecule has 126 valence electrons. The van der Waals surface area contributed by atoms with Gasteiger partial charge in [-0.15, -0.1) is 0 Å². The predicted octanol–water partition coefficient (Wildman–Crippen LogP) is 5.84. The molecule has 2 unspecified atom stereocenters. The van der Waals surface area contributed by atoms with E-state index < -0.39 is 0 Å². The average molecular weight is 313 g/mol. The lowest BCUT2D eigenvalue weighted by molar-refractivity contribution is 0.114. The van der Waals surface area contributed by atoms with Crippen LogP contribution < -0.4 is 0 Å². The van der Waals surface area contributed by atoms with Crippen molar-refractivity contribution >= 4 is 10.9 Å². The zero-order valence-electron chi connectivity index (χ0n) is 15.1. The SMILES string of the molecule is CCCCCC1c2[nH]c3ccccc3c2CCN1C(C)CCC. The summed E-state index contributed by atoms with van der Waals surface area (Å²) in [6.45, 7) is 8.24. The number of hydrogen-bond donors (Lipinski definition) is 1. The van der Waals surface area contributed by atoms with E-state index in [1.54, 1.807) is 5.56 Å². The van der Waals surface area contributed by atoms with Gasteiger partial charge in [-0.3, -0.25) is 4.90 Å². The highest BCUT2D eigenvalue weighted by molar-refractivity contribution is 5.85. The van der Waals surface area contributed by atoms with Crippen LogP contribution in [0.1, 0.15) is 76.6 Å². The van der Waals surface area contributed by atoms with Crippen molar-refractivity contribution in [1.82, 2.24) is 9.88 Å². The van der Waals surface area contributed by atoms with Gasteiger partial charge in [-0.2, -0.15) is 0 Å². The summed E-state index contributed by atoms with van der Waals surface area (Å²) in [4.78, 5) is 6.55. The van der Waals surface area contributed by atoms with Crippen LogP contribution in [0.5, 0.6) is 0 Å². The van der Waals surface area contributed by atoms with Crippen molar-refractivity contribution in [1.29, 1.82) is 0 Å². The van der Waals surface area contributed by atoms with E-state index in [0.717, 1.165) is 0 Å². The molecular formula is C21H32N2. The monoisotopic (exact) mass is 312 g/mol. The van der Waals surface area contributed by atoms with Crippen molar-refractivity contribution in [2.45, 2.75) is 77.8 Å². The molecule has 0 spiro atoms. The molecule has 2 aromatic rings. The first-order chi connectivity index (χ1) is 11.3. The standard InChI is InChI=1S/C21H32N2/c1-4-6-7-13-20-21-18(14-15-23(20)16(3)10-5-2)17-11-8-9-12-19(17)22-21/h8-9,11-12,16,20,22H,4-7,10,13-15H2,1-3H3. The third-order valence-corrected chi connectivity index (χ3v) is 5.55. The molecule has 23 heavy (non-hydrogen) atoms. The minimum atomic E-state index is 0.583. The van der Waals surface area contributed by atoms with Gasteiger partial charge in [-0.1, -0.05) is 57.7 Å². The Bertz CT molecular complexity index is 628. The summed E-state index contributed by atoms with van der Waals surface area (Å²) >= 11 is 0. The number of nitrogens with zero attached hydrogens (tertiary/aromatic N) is 1. The first-order valence-corrected chi connectivity index (χ1v) is 9.61. The highest BCUT2D eigenvalue weighted by Crippen LogP contribution is 2.38. The Balaban J connectivity index is 1.93. The fourth-order valence-corrected chi connectivity index (χ4v) is 4.35. The van der Waals surface area contributed by atoms with Crippen LogP contribution >= 0.6 is 0 Å². The fraction of sp³-hybridized carbons (Fsp3) is 0.619. The van der Waals surface area contributed by atoms with Gasteiger partial charge in [0.05, 0.1) is 6.04 Å². The molecule has 0 radical (unpaired) electrons. The van der Waals surface area contributed by atoms with E-state index in [2.05, 4.69) is 54.9 Å². The highest BCUT2D eigenvalue weighted by Gasteiger charge is 2.32. The summed E-state index contributed by atoms with van der Waals surface area (Å²) in [6, 6.07) is 10.1. The van der Waals surface area contributed by atoms with Crippen LogP contribution in [0.2, 0.25) is 0 Å². The van der Waals surface area contributed by atoms with E-state index in [4.69, 9.17) is 0 Å². The van der Waals surface area contributed by atoms with Crippen molar-refractivity contribution < 1.29 is 0 Å². The van der Waals surface area contributed by atoms with Crippen molar-refractivity contribution in [2.75, 3.05) is 6.54 Å². The van der Waals surface area contributed by atoms with Crippen molar-refractivity contribution in [3.63, 3.8) is 0 Å². The number of hydrogen-bond acceptors (Lipinski definition) is 1. The van der Waals surface area contributed by atoms with Crippen LogP contribution in [-0.4, -0.2) is 22.5 Å². The molecule has 1 aromatic carbocycles. The molecule has 1 aliphatic rings. The molecule has 0 saturated carbocycles. The lowest BCUT2D eigenvalue weighted by atomic mass is 9.92. The van der Waals surface area contributed by atoms with Crippen molar-refractivity contribution in [3.8, 4) is 0 Å². The van der Waals surface area contributed by atoms with Crippen molar-refractivity contribution in [2.24, 2.45) is 0 Å². The number of nitrogens with one attached hydrogen (secondary N) is 1. The van der Waals surface area contributed by atoms with Gasteiger partial charge in [0.2, 0.25) is 0 Å². The number of para-hydroxylation sites is 1. The van der Waals surface area contributed by atoms with Gasteiger partial charge in [-0.25, -0.2) is 0 Å². The number of aromatic nitrogens is 1. The first-order valence-electron chi connectivity index (χ1n) is 9.61. The molecule has 1 aliphatic heterocycles. The van der Waals surface area contributed by atoms with E-state index in [-0.39, 0.29) is 0 Å². The van der Waals surface area contributed by atoms with Gasteiger partial charge in [0, 0.05) is 29.2 Å². The van der Waals surface area contributed by atoms with Crippen LogP contribution in [0.25, 0.3) is 10.9 Å². The third kappa shape index (κ3) is 3.33. The van der Waals surface area contributed by atoms with E-state index in [1.165, 1.54) is 68.1 Å². The minimum absolute atomic E-state index is 0.583. The number of aromatic amines is 1. The number of fused-ring (bicyclic) bond motifs is 3. The maximum absolute atomic E-state index is 3.78. The molecule has 2 atom stereocenters. The molecular weight excluding hydrogens is 280 g/mol. The zero-order valence-corrected chi connectivity index (χ0v) is 15.1. The average Bonchev–Trinajstić information content (AvgIpc) is 2.94. The van der Waals surface area contributed by atoms with Crippen LogP contribution in [0.15, 0.2) is 24.3 Å². The maximum atomic E-state index is 3.78. The Labute approximate surface area is 141 Å². The summed E-state index contributed by atoms with van der Waals surface area (Å²) in [6.07, 6.45) is 9.06. The Morgan fingerprint density at radius 1 is 1.17 bits per heavy atom. The smallest absolute Gasteiger partial charge is 0.0504 e. The number of unbranched alkanes of at least 4 members (excludes halogenated alkanes) is 2. The molecule has 0 amide bonds. The zero-order chi connectivity index (χ0) is 16.2. The predicted molar refractivity (Wildman–Crippen MR) is 100.0 cm³/mol. The summed E-state index contributed by atoms with van der Waals surface area (Å²) in [5, 5.41) is 1.45. The molecule has 2 heteroatoms. The van der Waals surface area contributed by atoms with E-state index >= 15 is 0 Å². The fourth-order valence-electron chi connectivity index (χ4n) is 4.35. The molecule has 0 aliphatic carbocycles. The van der Waals surface area contributed by atoms with Crippen LogP contribution in [0.4, 0.5) is 0 Å². The quantitative estimate of drug-likeness (QED) is 0.637. The Morgan fingerprint density at radius 2 is 2.00 bits per heavy atom. The topological polar surface area (TPSA) is 19.0 Å². The summed E-state index contributed by atoms with van der Waals surface area (Å²) in [5.41, 5.74) is 4.42. The largest absolute Gasteiger partial charge is 0.357 e. The molecule has 1 aromatic heterocycles. The van der Waals surface area contributed by atoms with Crippen LogP contribution in [-0.2, 0) is 6.42 Å². The second-order valence-electron chi connectivity index (χ2n) is 7.20. The lowest BCUT2D eigenvalue weighted by Gasteiger charge is -2.40. The first kappa shape index (κ1) is 16.6. The second kappa shape index (κ2) is 7.53. The summed E-state index contributed by atoms with van der Waals surface area (Å²) in [5.74, 6) is 0. The Morgan fingerprint density at radius 3 is 2.78 bits per heavy atom. The molecule has 2 nitrogen and oxygen atoms in total. The maximum Gasteiger partial charge on any atom is 0.0504 e. The number of H-pyrrole nitrogens is 1. The van der Waals surface area contributed by atoms with E-state index in [0.29, 0.717) is 12.1 Å². The summed E-state index contributed by atoms with van der Waals surface area (Å²) < 4.78 is 0. The van der Waals surface area contributed by atoms with E-state index in [1.807, 2.05) is 0 Å². The molecule has 0 bridgehead atoms. The number of rotatable bonds is 7. The molecule has 0 fully saturated rings. The normalized spacial score (nSPS) is 19.9. The van der Waals surface area contributed by atoms with Crippen molar-refractivity contribution in [3.05, 3.63) is 35.5 Å². The molecule has 2 heterocycles. The van der Waals surface area contributed by atoms with Crippen LogP contribution in [0, 0.1) is 0 Å². The summed E-state index contributed by atoms with van der Waals surface area (Å²) in [7, 11) is 0. The van der Waals surface area contributed by atoms with Gasteiger partial charge >= 0.3 is 0 Å². The minimum Gasteiger partial charge on any atom is -0.357 e. The lowest BCUT2D eigenvalue weighted by Crippen LogP contribution is -2.41. The molecule has 3 rings (SSSR count). The third-order valence-electron chi connectivity index (χ3n) is 5.55. The molecule has 0 saturated heterocycles. The van der Waals surface area contributed by atoms with Gasteiger partial charge < -0.3 is 4.98 Å². The van der Waals surface area contributed by atoms with Gasteiger partial charge in [0.15, 0.2) is 0 Å². The number of benzene rings is 1. The van der Waals surface area contributed by atoms with E-state index in [9.17, 15) is 0 Å². The van der Waals surface area contributed by atoms with Crippen LogP contribution in [0.3, 0.4) is 0 Å². The highest BCUT2D eigenvalue weighted by atomic mass is 15.2. The Hall–Kier alpha value is -1.28. The van der Waals surface area contributed by atoms with Gasteiger partial charge in [0.25, 0.3) is 0 Å². The van der Waals surface area contributed by atoms with Gasteiger partial charge in [-0.05, 0) is 37.8 Å².